The minimum absolute atomic E-state index is 0.169. The van der Waals surface area contributed by atoms with E-state index in [0.717, 1.165) is 5.56 Å². The molecular weight excluding hydrogens is 295 g/mol. The summed E-state index contributed by atoms with van der Waals surface area (Å²) < 4.78 is 15.3. The molecule has 2 aromatic heterocycles. The lowest BCUT2D eigenvalue weighted by Crippen LogP contribution is -2.25. The minimum atomic E-state index is -0.445. The first kappa shape index (κ1) is 15.0. The van der Waals surface area contributed by atoms with Gasteiger partial charge in [-0.25, -0.2) is 9.37 Å². The van der Waals surface area contributed by atoms with E-state index in [0.29, 0.717) is 30.0 Å². The van der Waals surface area contributed by atoms with Crippen LogP contribution in [0.25, 0.3) is 5.65 Å². The molecule has 0 unspecified atom stereocenters. The van der Waals surface area contributed by atoms with Gasteiger partial charge in [0.15, 0.2) is 11.5 Å². The average Bonchev–Trinajstić information content (AvgIpc) is 2.94. The van der Waals surface area contributed by atoms with Gasteiger partial charge in [-0.3, -0.25) is 9.20 Å². The molecule has 1 aromatic carbocycles. The standard InChI is InChI=1S/C17H17FN4O/c1-2-14-15(22-9-3-4-13(18)16(22)21-14)17(23)20-10-11-5-7-12(19)8-6-11/h3-9H,2,10,19H2,1H3,(H,20,23). The van der Waals surface area contributed by atoms with Gasteiger partial charge < -0.3 is 11.1 Å². The number of halogens is 1. The quantitative estimate of drug-likeness (QED) is 0.727. The molecule has 3 aromatic rings. The predicted molar refractivity (Wildman–Crippen MR) is 86.6 cm³/mol. The van der Waals surface area contributed by atoms with Crippen molar-refractivity contribution in [2.24, 2.45) is 0 Å². The van der Waals surface area contributed by atoms with Crippen molar-refractivity contribution < 1.29 is 9.18 Å². The number of hydrogen-bond donors (Lipinski definition) is 2. The number of carbonyl (C=O) groups is 1. The second kappa shape index (κ2) is 6.08. The van der Waals surface area contributed by atoms with E-state index >= 15 is 0 Å². The van der Waals surface area contributed by atoms with Gasteiger partial charge in [0.25, 0.3) is 5.91 Å². The van der Waals surface area contributed by atoms with Gasteiger partial charge in [-0.15, -0.1) is 0 Å². The molecule has 3 N–H and O–H groups in total. The lowest BCUT2D eigenvalue weighted by molar-refractivity contribution is 0.0944. The monoisotopic (exact) mass is 312 g/mol. The van der Waals surface area contributed by atoms with Crippen LogP contribution in [-0.2, 0) is 13.0 Å². The SMILES string of the molecule is CCc1nc2c(F)cccn2c1C(=O)NCc1ccc(N)cc1. The second-order valence-corrected chi connectivity index (χ2v) is 5.23. The van der Waals surface area contributed by atoms with Crippen LogP contribution in [0, 0.1) is 5.82 Å². The highest BCUT2D eigenvalue weighted by Crippen LogP contribution is 2.16. The third kappa shape index (κ3) is 2.88. The average molecular weight is 312 g/mol. The summed E-state index contributed by atoms with van der Waals surface area (Å²) in [4.78, 5) is 16.8. The number of nitrogen functional groups attached to an aromatic ring is 1. The van der Waals surface area contributed by atoms with Crippen molar-refractivity contribution in [3.8, 4) is 0 Å². The van der Waals surface area contributed by atoms with Gasteiger partial charge in [0.1, 0.15) is 5.69 Å². The molecule has 0 aliphatic rings. The van der Waals surface area contributed by atoms with Crippen molar-refractivity contribution in [3.05, 3.63) is 65.4 Å². The molecule has 0 saturated carbocycles. The lowest BCUT2D eigenvalue weighted by atomic mass is 10.2. The maximum absolute atomic E-state index is 13.8. The Balaban J connectivity index is 1.88. The number of nitrogens with one attached hydrogen (secondary N) is 1. The van der Waals surface area contributed by atoms with Crippen LogP contribution < -0.4 is 11.1 Å². The van der Waals surface area contributed by atoms with Crippen molar-refractivity contribution in [1.29, 1.82) is 0 Å². The molecule has 0 saturated heterocycles. The minimum Gasteiger partial charge on any atom is -0.399 e. The van der Waals surface area contributed by atoms with Crippen LogP contribution in [0.3, 0.4) is 0 Å². The molecule has 3 rings (SSSR count). The molecular formula is C17H17FN4O. The van der Waals surface area contributed by atoms with Crippen molar-refractivity contribution in [3.63, 3.8) is 0 Å². The van der Waals surface area contributed by atoms with E-state index in [1.165, 1.54) is 10.5 Å². The van der Waals surface area contributed by atoms with Crippen LogP contribution in [0.4, 0.5) is 10.1 Å². The summed E-state index contributed by atoms with van der Waals surface area (Å²) in [6, 6.07) is 10.2. The first-order chi connectivity index (χ1) is 11.1. The number of aryl methyl sites for hydroxylation is 1. The van der Waals surface area contributed by atoms with Crippen molar-refractivity contribution >= 4 is 17.2 Å². The summed E-state index contributed by atoms with van der Waals surface area (Å²) in [6.07, 6.45) is 2.19. The zero-order valence-corrected chi connectivity index (χ0v) is 12.7. The lowest BCUT2D eigenvalue weighted by Gasteiger charge is -2.07. The fraction of sp³-hybridized carbons (Fsp3) is 0.176. The molecule has 118 valence electrons. The first-order valence-electron chi connectivity index (χ1n) is 7.38. The summed E-state index contributed by atoms with van der Waals surface area (Å²) in [6.45, 7) is 2.25. The highest BCUT2D eigenvalue weighted by Gasteiger charge is 2.19. The van der Waals surface area contributed by atoms with Crippen LogP contribution in [0.1, 0.15) is 28.7 Å². The molecule has 0 spiro atoms. The van der Waals surface area contributed by atoms with E-state index < -0.39 is 5.82 Å². The highest BCUT2D eigenvalue weighted by atomic mass is 19.1. The molecule has 5 nitrogen and oxygen atoms in total. The topological polar surface area (TPSA) is 72.4 Å². The number of nitrogens with two attached hydrogens (primary N) is 1. The van der Waals surface area contributed by atoms with E-state index in [2.05, 4.69) is 10.3 Å². The summed E-state index contributed by atoms with van der Waals surface area (Å²) in [7, 11) is 0. The number of rotatable bonds is 4. The normalized spacial score (nSPS) is 10.9. The largest absolute Gasteiger partial charge is 0.399 e. The fourth-order valence-electron chi connectivity index (χ4n) is 2.47. The second-order valence-electron chi connectivity index (χ2n) is 5.23. The van der Waals surface area contributed by atoms with Crippen LogP contribution >= 0.6 is 0 Å². The third-order valence-corrected chi connectivity index (χ3v) is 3.66. The number of carbonyl (C=O) groups excluding carboxylic acids is 1. The number of imidazole rings is 1. The van der Waals surface area contributed by atoms with Gasteiger partial charge in [-0.05, 0) is 36.2 Å². The fourth-order valence-corrected chi connectivity index (χ4v) is 2.47. The Hall–Kier alpha value is -2.89. The summed E-state index contributed by atoms with van der Waals surface area (Å²) in [5, 5.41) is 2.84. The molecule has 0 atom stereocenters. The Bertz CT molecular complexity index is 855. The summed E-state index contributed by atoms with van der Waals surface area (Å²) >= 11 is 0. The number of anilines is 1. The van der Waals surface area contributed by atoms with Crippen molar-refractivity contribution in [2.75, 3.05) is 5.73 Å². The first-order valence-corrected chi connectivity index (χ1v) is 7.38. The van der Waals surface area contributed by atoms with E-state index in [1.807, 2.05) is 19.1 Å². The zero-order valence-electron chi connectivity index (χ0n) is 12.7. The Morgan fingerprint density at radius 2 is 2.04 bits per heavy atom. The number of amides is 1. The predicted octanol–water partition coefficient (Wildman–Crippen LogP) is 2.55. The van der Waals surface area contributed by atoms with Gasteiger partial charge in [0.05, 0.1) is 5.69 Å². The molecule has 0 aliphatic heterocycles. The smallest absolute Gasteiger partial charge is 0.270 e. The molecule has 0 fully saturated rings. The molecule has 2 heterocycles. The highest BCUT2D eigenvalue weighted by molar-refractivity contribution is 5.94. The zero-order chi connectivity index (χ0) is 16.4. The Morgan fingerprint density at radius 3 is 2.74 bits per heavy atom. The van der Waals surface area contributed by atoms with E-state index in [-0.39, 0.29) is 11.6 Å². The Kier molecular flexibility index (Phi) is 3.97. The van der Waals surface area contributed by atoms with Crippen LogP contribution in [0.2, 0.25) is 0 Å². The van der Waals surface area contributed by atoms with E-state index in [1.54, 1.807) is 24.4 Å². The summed E-state index contributed by atoms with van der Waals surface area (Å²) in [5.41, 5.74) is 8.36. The number of pyridine rings is 1. The Labute approximate surface area is 133 Å². The molecule has 23 heavy (non-hydrogen) atoms. The summed E-state index contributed by atoms with van der Waals surface area (Å²) in [5.74, 6) is -0.725. The maximum atomic E-state index is 13.8. The van der Waals surface area contributed by atoms with Gasteiger partial charge in [-0.2, -0.15) is 0 Å². The van der Waals surface area contributed by atoms with Gasteiger partial charge >= 0.3 is 0 Å². The maximum Gasteiger partial charge on any atom is 0.270 e. The molecule has 1 amide bonds. The van der Waals surface area contributed by atoms with Crippen LogP contribution in [-0.4, -0.2) is 15.3 Å². The number of nitrogens with zero attached hydrogens (tertiary/aromatic N) is 2. The Morgan fingerprint density at radius 1 is 1.30 bits per heavy atom. The molecule has 0 bridgehead atoms. The molecule has 0 aliphatic carbocycles. The molecule has 0 radical (unpaired) electrons. The number of aromatic nitrogens is 2. The van der Waals surface area contributed by atoms with Crippen molar-refractivity contribution in [2.45, 2.75) is 19.9 Å². The number of hydrogen-bond acceptors (Lipinski definition) is 3. The van der Waals surface area contributed by atoms with Gasteiger partial charge in [-0.1, -0.05) is 19.1 Å². The molecule has 6 heteroatoms. The van der Waals surface area contributed by atoms with Gasteiger partial charge in [0.2, 0.25) is 0 Å². The number of benzene rings is 1. The third-order valence-electron chi connectivity index (χ3n) is 3.66. The van der Waals surface area contributed by atoms with E-state index in [9.17, 15) is 9.18 Å². The van der Waals surface area contributed by atoms with Crippen LogP contribution in [0.15, 0.2) is 42.6 Å². The van der Waals surface area contributed by atoms with Crippen LogP contribution in [0.5, 0.6) is 0 Å². The van der Waals surface area contributed by atoms with E-state index in [4.69, 9.17) is 5.73 Å². The van der Waals surface area contributed by atoms with Gasteiger partial charge in [0, 0.05) is 18.4 Å². The van der Waals surface area contributed by atoms with Crippen molar-refractivity contribution in [1.82, 2.24) is 14.7 Å². The number of fused-ring (bicyclic) bond motifs is 1.